The summed E-state index contributed by atoms with van der Waals surface area (Å²) in [6.45, 7) is 5.76. The first-order chi connectivity index (χ1) is 9.08. The minimum Gasteiger partial charge on any atom is -0.459 e. The smallest absolute Gasteiger partial charge is 0.338 e. The van der Waals surface area contributed by atoms with Gasteiger partial charge in [0, 0.05) is 0 Å². The number of esters is 1. The van der Waals surface area contributed by atoms with Gasteiger partial charge in [0.15, 0.2) is 0 Å². The lowest BCUT2D eigenvalue weighted by Crippen LogP contribution is -2.11. The largest absolute Gasteiger partial charge is 0.459 e. The van der Waals surface area contributed by atoms with Crippen LogP contribution >= 0.6 is 0 Å². The molecule has 98 valence electrons. The second-order valence-corrected chi connectivity index (χ2v) is 4.85. The fourth-order valence-electron chi connectivity index (χ4n) is 1.99. The molecule has 0 saturated carbocycles. The van der Waals surface area contributed by atoms with E-state index in [4.69, 9.17) is 4.74 Å². The van der Waals surface area contributed by atoms with Gasteiger partial charge in [-0.25, -0.2) is 4.79 Å². The van der Waals surface area contributed by atoms with E-state index in [1.54, 1.807) is 6.07 Å². The molecule has 0 N–H and O–H groups in total. The van der Waals surface area contributed by atoms with E-state index in [2.05, 4.69) is 19.1 Å². The number of aryl methyl sites for hydroxylation is 1. The van der Waals surface area contributed by atoms with E-state index >= 15 is 0 Å². The maximum atomic E-state index is 11.9. The molecule has 0 amide bonds. The Hall–Kier alpha value is -2.09. The Morgan fingerprint density at radius 1 is 1.05 bits per heavy atom. The monoisotopic (exact) mass is 254 g/mol. The summed E-state index contributed by atoms with van der Waals surface area (Å²) in [5.74, 6) is -0.273. The molecular formula is C17H18O2. The molecule has 0 aliphatic rings. The SMILES string of the molecule is Cc1ccccc1-c1cccc(C(=O)OC(C)C)c1. The van der Waals surface area contributed by atoms with Crippen LogP contribution in [-0.2, 0) is 4.74 Å². The Kier molecular flexibility index (Phi) is 4.00. The van der Waals surface area contributed by atoms with E-state index in [-0.39, 0.29) is 12.1 Å². The number of hydrogen-bond donors (Lipinski definition) is 0. The van der Waals surface area contributed by atoms with Crippen molar-refractivity contribution < 1.29 is 9.53 Å². The zero-order valence-corrected chi connectivity index (χ0v) is 11.5. The van der Waals surface area contributed by atoms with Gasteiger partial charge in [0.1, 0.15) is 0 Å². The Labute approximate surface area is 114 Å². The highest BCUT2D eigenvalue weighted by Gasteiger charge is 2.10. The predicted octanol–water partition coefficient (Wildman–Crippen LogP) is 4.23. The molecule has 19 heavy (non-hydrogen) atoms. The van der Waals surface area contributed by atoms with Crippen LogP contribution in [0, 0.1) is 6.92 Å². The average molecular weight is 254 g/mol. The molecule has 0 aromatic heterocycles. The molecule has 0 fully saturated rings. The zero-order chi connectivity index (χ0) is 13.8. The summed E-state index contributed by atoms with van der Waals surface area (Å²) < 4.78 is 5.22. The van der Waals surface area contributed by atoms with Crippen LogP contribution in [0.25, 0.3) is 11.1 Å². The van der Waals surface area contributed by atoms with Crippen molar-refractivity contribution >= 4 is 5.97 Å². The minimum absolute atomic E-state index is 0.102. The van der Waals surface area contributed by atoms with Crippen LogP contribution in [0.2, 0.25) is 0 Å². The summed E-state index contributed by atoms with van der Waals surface area (Å²) in [6.07, 6.45) is -0.102. The number of rotatable bonds is 3. The number of carbonyl (C=O) groups is 1. The van der Waals surface area contributed by atoms with Gasteiger partial charge in [0.25, 0.3) is 0 Å². The topological polar surface area (TPSA) is 26.3 Å². The third-order valence-electron chi connectivity index (χ3n) is 2.90. The lowest BCUT2D eigenvalue weighted by molar-refractivity contribution is 0.0378. The van der Waals surface area contributed by atoms with Gasteiger partial charge < -0.3 is 4.74 Å². The predicted molar refractivity (Wildman–Crippen MR) is 77.2 cm³/mol. The van der Waals surface area contributed by atoms with Crippen molar-refractivity contribution in [2.75, 3.05) is 0 Å². The highest BCUT2D eigenvalue weighted by atomic mass is 16.5. The first-order valence-corrected chi connectivity index (χ1v) is 6.45. The maximum absolute atomic E-state index is 11.9. The molecule has 0 saturated heterocycles. The van der Waals surface area contributed by atoms with Gasteiger partial charge in [-0.2, -0.15) is 0 Å². The maximum Gasteiger partial charge on any atom is 0.338 e. The molecule has 0 aliphatic carbocycles. The van der Waals surface area contributed by atoms with E-state index in [1.807, 2.05) is 44.2 Å². The van der Waals surface area contributed by atoms with Crippen LogP contribution < -0.4 is 0 Å². The van der Waals surface area contributed by atoms with Crippen molar-refractivity contribution in [1.82, 2.24) is 0 Å². The average Bonchev–Trinajstić information content (AvgIpc) is 2.38. The van der Waals surface area contributed by atoms with Gasteiger partial charge in [0.05, 0.1) is 11.7 Å². The second kappa shape index (κ2) is 5.70. The van der Waals surface area contributed by atoms with Crippen LogP contribution in [0.3, 0.4) is 0 Å². The van der Waals surface area contributed by atoms with Crippen molar-refractivity contribution in [3.8, 4) is 11.1 Å². The van der Waals surface area contributed by atoms with Gasteiger partial charge in [-0.05, 0) is 49.6 Å². The fourth-order valence-corrected chi connectivity index (χ4v) is 1.99. The van der Waals surface area contributed by atoms with Crippen LogP contribution in [0.4, 0.5) is 0 Å². The molecule has 0 unspecified atom stereocenters. The molecule has 2 heteroatoms. The third-order valence-corrected chi connectivity index (χ3v) is 2.90. The molecule has 2 aromatic rings. The van der Waals surface area contributed by atoms with E-state index in [9.17, 15) is 4.79 Å². The molecule has 0 radical (unpaired) electrons. The summed E-state index contributed by atoms with van der Waals surface area (Å²) in [6, 6.07) is 15.7. The van der Waals surface area contributed by atoms with Crippen molar-refractivity contribution in [2.24, 2.45) is 0 Å². The quantitative estimate of drug-likeness (QED) is 0.766. The Morgan fingerprint density at radius 2 is 1.79 bits per heavy atom. The second-order valence-electron chi connectivity index (χ2n) is 4.85. The molecule has 0 bridgehead atoms. The fraction of sp³-hybridized carbons (Fsp3) is 0.235. The van der Waals surface area contributed by atoms with Gasteiger partial charge in [-0.3, -0.25) is 0 Å². The Balaban J connectivity index is 2.35. The van der Waals surface area contributed by atoms with Crippen molar-refractivity contribution in [3.05, 3.63) is 59.7 Å². The number of ether oxygens (including phenoxy) is 1. The van der Waals surface area contributed by atoms with E-state index in [0.29, 0.717) is 5.56 Å². The molecule has 0 aliphatic heterocycles. The van der Waals surface area contributed by atoms with Gasteiger partial charge >= 0.3 is 5.97 Å². The van der Waals surface area contributed by atoms with Crippen LogP contribution in [-0.4, -0.2) is 12.1 Å². The third kappa shape index (κ3) is 3.22. The summed E-state index contributed by atoms with van der Waals surface area (Å²) in [4.78, 5) is 11.9. The summed E-state index contributed by atoms with van der Waals surface area (Å²) >= 11 is 0. The standard InChI is InChI=1S/C17H18O2/c1-12(2)19-17(18)15-9-6-8-14(11-15)16-10-5-4-7-13(16)3/h4-12H,1-3H3. The zero-order valence-electron chi connectivity index (χ0n) is 11.5. The van der Waals surface area contributed by atoms with Crippen molar-refractivity contribution in [1.29, 1.82) is 0 Å². The van der Waals surface area contributed by atoms with Crippen LogP contribution in [0.1, 0.15) is 29.8 Å². The highest BCUT2D eigenvalue weighted by molar-refractivity contribution is 5.91. The number of benzene rings is 2. The molecular weight excluding hydrogens is 236 g/mol. The summed E-state index contributed by atoms with van der Waals surface area (Å²) in [7, 11) is 0. The number of hydrogen-bond acceptors (Lipinski definition) is 2. The van der Waals surface area contributed by atoms with E-state index in [0.717, 1.165) is 11.1 Å². The highest BCUT2D eigenvalue weighted by Crippen LogP contribution is 2.24. The van der Waals surface area contributed by atoms with Crippen molar-refractivity contribution in [2.45, 2.75) is 26.9 Å². The van der Waals surface area contributed by atoms with E-state index < -0.39 is 0 Å². The lowest BCUT2D eigenvalue weighted by Gasteiger charge is -2.10. The van der Waals surface area contributed by atoms with Gasteiger partial charge in [0.2, 0.25) is 0 Å². The van der Waals surface area contributed by atoms with Crippen LogP contribution in [0.5, 0.6) is 0 Å². The summed E-state index contributed by atoms with van der Waals surface area (Å²) in [5, 5.41) is 0. The summed E-state index contributed by atoms with van der Waals surface area (Å²) in [5.41, 5.74) is 3.96. The first-order valence-electron chi connectivity index (χ1n) is 6.45. The van der Waals surface area contributed by atoms with E-state index in [1.165, 1.54) is 5.56 Å². The molecule has 2 nitrogen and oxygen atoms in total. The first kappa shape index (κ1) is 13.3. The Morgan fingerprint density at radius 3 is 2.47 bits per heavy atom. The minimum atomic E-state index is -0.273. The molecule has 0 heterocycles. The molecule has 0 spiro atoms. The van der Waals surface area contributed by atoms with Gasteiger partial charge in [-0.15, -0.1) is 0 Å². The molecule has 0 atom stereocenters. The number of carbonyl (C=O) groups excluding carboxylic acids is 1. The molecule has 2 rings (SSSR count). The lowest BCUT2D eigenvalue weighted by atomic mass is 9.99. The normalized spacial score (nSPS) is 10.5. The van der Waals surface area contributed by atoms with Crippen molar-refractivity contribution in [3.63, 3.8) is 0 Å². The van der Waals surface area contributed by atoms with Gasteiger partial charge in [-0.1, -0.05) is 36.4 Å². The Bertz CT molecular complexity index is 585. The molecule has 2 aromatic carbocycles. The van der Waals surface area contributed by atoms with Crippen LogP contribution in [0.15, 0.2) is 48.5 Å².